The smallest absolute Gasteiger partial charge is 0.165 e. The molecule has 1 heterocycles. The largest absolute Gasteiger partial charge is 0.493 e. The lowest BCUT2D eigenvalue weighted by Gasteiger charge is -2.42. The number of aliphatic hydroxyl groups excluding tert-OH is 1. The molecule has 1 aromatic rings. The average molecular weight is 377 g/mol. The summed E-state index contributed by atoms with van der Waals surface area (Å²) < 4.78 is 11.7. The van der Waals surface area contributed by atoms with E-state index in [-0.39, 0.29) is 11.5 Å². The molecular weight excluding hydrogens is 340 g/mol. The van der Waals surface area contributed by atoms with E-state index in [1.807, 2.05) is 12.1 Å². The summed E-state index contributed by atoms with van der Waals surface area (Å²) in [6, 6.07) is 6.17. The minimum Gasteiger partial charge on any atom is -0.493 e. The summed E-state index contributed by atoms with van der Waals surface area (Å²) in [5.74, 6) is 1.69. The van der Waals surface area contributed by atoms with Gasteiger partial charge in [0.2, 0.25) is 0 Å². The molecule has 1 aliphatic heterocycles. The van der Waals surface area contributed by atoms with Crippen molar-refractivity contribution in [1.82, 2.24) is 9.80 Å². The van der Waals surface area contributed by atoms with Crippen LogP contribution >= 0.6 is 0 Å². The van der Waals surface area contributed by atoms with Gasteiger partial charge in [-0.15, -0.1) is 0 Å². The van der Waals surface area contributed by atoms with Crippen LogP contribution in [-0.4, -0.2) is 68.5 Å². The minimum absolute atomic E-state index is 0.115. The van der Waals surface area contributed by atoms with Gasteiger partial charge in [-0.1, -0.05) is 18.6 Å². The molecule has 1 aliphatic carbocycles. The summed E-state index contributed by atoms with van der Waals surface area (Å²) in [6.45, 7) is 4.64. The molecule has 5 heteroatoms. The summed E-state index contributed by atoms with van der Waals surface area (Å²) in [7, 11) is 5.87. The van der Waals surface area contributed by atoms with Gasteiger partial charge in [-0.05, 0) is 58.8 Å². The van der Waals surface area contributed by atoms with E-state index in [9.17, 15) is 5.11 Å². The molecule has 2 fully saturated rings. The quantitative estimate of drug-likeness (QED) is 0.706. The van der Waals surface area contributed by atoms with Crippen molar-refractivity contribution in [3.05, 3.63) is 23.8 Å². The second-order valence-corrected chi connectivity index (χ2v) is 8.54. The first kappa shape index (κ1) is 20.4. The van der Waals surface area contributed by atoms with E-state index in [1.165, 1.54) is 12.0 Å². The molecule has 0 amide bonds. The predicted molar refractivity (Wildman–Crippen MR) is 108 cm³/mol. The first-order valence-corrected chi connectivity index (χ1v) is 10.4. The Bertz CT molecular complexity index is 607. The highest BCUT2D eigenvalue weighted by Gasteiger charge is 2.44. The van der Waals surface area contributed by atoms with Crippen molar-refractivity contribution in [2.75, 3.05) is 47.4 Å². The van der Waals surface area contributed by atoms with Crippen molar-refractivity contribution in [2.45, 2.75) is 51.2 Å². The third-order valence-electron chi connectivity index (χ3n) is 6.22. The number of rotatable bonds is 8. The molecule has 1 spiro atoms. The molecule has 1 saturated heterocycles. The van der Waals surface area contributed by atoms with E-state index < -0.39 is 0 Å². The van der Waals surface area contributed by atoms with Gasteiger partial charge in [0.15, 0.2) is 11.5 Å². The number of aliphatic hydroxyl groups is 1. The standard InChI is InChI=1S/C22H36N2O3/c1-23(2)13-7-15-27-21-18(8-4-9-19(21)26-3)16-24-14-6-12-22(17-24)11-5-10-20(22)25/h4,8-9,20,25H,5-7,10-17H2,1-3H3/t20-,22-/m1/s1. The van der Waals surface area contributed by atoms with Gasteiger partial charge in [-0.25, -0.2) is 0 Å². The summed E-state index contributed by atoms with van der Waals surface area (Å²) >= 11 is 0. The molecule has 2 atom stereocenters. The van der Waals surface area contributed by atoms with Gasteiger partial charge < -0.3 is 19.5 Å². The number of piperidine rings is 1. The van der Waals surface area contributed by atoms with Crippen LogP contribution in [0.1, 0.15) is 44.1 Å². The van der Waals surface area contributed by atoms with Crippen molar-refractivity contribution >= 4 is 0 Å². The molecule has 27 heavy (non-hydrogen) atoms. The number of ether oxygens (including phenoxy) is 2. The van der Waals surface area contributed by atoms with Crippen LogP contribution in [0.5, 0.6) is 11.5 Å². The molecule has 1 saturated carbocycles. The molecule has 1 aromatic carbocycles. The lowest BCUT2D eigenvalue weighted by molar-refractivity contribution is -0.0122. The van der Waals surface area contributed by atoms with E-state index in [0.717, 1.165) is 69.8 Å². The van der Waals surface area contributed by atoms with E-state index >= 15 is 0 Å². The van der Waals surface area contributed by atoms with Crippen LogP contribution in [0.2, 0.25) is 0 Å². The van der Waals surface area contributed by atoms with Gasteiger partial charge in [-0.2, -0.15) is 0 Å². The molecular formula is C22H36N2O3. The van der Waals surface area contributed by atoms with Crippen LogP contribution in [-0.2, 0) is 6.54 Å². The number of methoxy groups -OCH3 is 1. The number of hydrogen-bond acceptors (Lipinski definition) is 5. The van der Waals surface area contributed by atoms with Crippen molar-refractivity contribution in [1.29, 1.82) is 0 Å². The Morgan fingerprint density at radius 3 is 2.78 bits per heavy atom. The van der Waals surface area contributed by atoms with E-state index in [2.05, 4.69) is 30.0 Å². The topological polar surface area (TPSA) is 45.2 Å². The fraction of sp³-hybridized carbons (Fsp3) is 0.727. The Labute approximate surface area is 164 Å². The van der Waals surface area contributed by atoms with Gasteiger partial charge in [0.25, 0.3) is 0 Å². The molecule has 0 radical (unpaired) electrons. The maximum atomic E-state index is 10.5. The lowest BCUT2D eigenvalue weighted by atomic mass is 9.76. The normalized spacial score (nSPS) is 26.0. The number of likely N-dealkylation sites (tertiary alicyclic amines) is 1. The monoisotopic (exact) mass is 376 g/mol. The van der Waals surface area contributed by atoms with Crippen LogP contribution in [0.4, 0.5) is 0 Å². The van der Waals surface area contributed by atoms with Gasteiger partial charge in [0, 0.05) is 30.6 Å². The molecule has 3 rings (SSSR count). The van der Waals surface area contributed by atoms with Crippen molar-refractivity contribution in [2.24, 2.45) is 5.41 Å². The molecule has 5 nitrogen and oxygen atoms in total. The third-order valence-corrected chi connectivity index (χ3v) is 6.22. The zero-order valence-corrected chi connectivity index (χ0v) is 17.2. The van der Waals surface area contributed by atoms with Crippen molar-refractivity contribution in [3.8, 4) is 11.5 Å². The first-order chi connectivity index (χ1) is 13.0. The Kier molecular flexibility index (Phi) is 7.01. The molecule has 0 aromatic heterocycles. The average Bonchev–Trinajstić information content (AvgIpc) is 2.99. The van der Waals surface area contributed by atoms with E-state index in [4.69, 9.17) is 9.47 Å². The Morgan fingerprint density at radius 2 is 2.07 bits per heavy atom. The first-order valence-electron chi connectivity index (χ1n) is 10.4. The highest BCUT2D eigenvalue weighted by atomic mass is 16.5. The second kappa shape index (κ2) is 9.26. The van der Waals surface area contributed by atoms with E-state index in [1.54, 1.807) is 7.11 Å². The lowest BCUT2D eigenvalue weighted by Crippen LogP contribution is -2.46. The number of benzene rings is 1. The zero-order chi connectivity index (χ0) is 19.3. The van der Waals surface area contributed by atoms with Gasteiger partial charge in [0.1, 0.15) is 0 Å². The molecule has 152 valence electrons. The van der Waals surface area contributed by atoms with Crippen molar-refractivity contribution in [3.63, 3.8) is 0 Å². The second-order valence-electron chi connectivity index (χ2n) is 8.54. The highest BCUT2D eigenvalue weighted by Crippen LogP contribution is 2.45. The summed E-state index contributed by atoms with van der Waals surface area (Å²) in [4.78, 5) is 4.67. The molecule has 1 N–H and O–H groups in total. The fourth-order valence-corrected chi connectivity index (χ4v) is 4.80. The SMILES string of the molecule is COc1cccc(CN2CCC[C@]3(CCC[C@H]3O)C2)c1OCCCN(C)C. The van der Waals surface area contributed by atoms with Crippen LogP contribution in [0.15, 0.2) is 18.2 Å². The number of nitrogens with zero attached hydrogens (tertiary/aromatic N) is 2. The van der Waals surface area contributed by atoms with Crippen molar-refractivity contribution < 1.29 is 14.6 Å². The summed E-state index contributed by atoms with van der Waals surface area (Å²) in [5, 5.41) is 10.5. The van der Waals surface area contributed by atoms with Crippen LogP contribution < -0.4 is 9.47 Å². The number of hydrogen-bond donors (Lipinski definition) is 1. The predicted octanol–water partition coefficient (Wildman–Crippen LogP) is 3.15. The maximum absolute atomic E-state index is 10.5. The third kappa shape index (κ3) is 4.95. The molecule has 0 unspecified atom stereocenters. The highest BCUT2D eigenvalue weighted by molar-refractivity contribution is 5.46. The van der Waals surface area contributed by atoms with Gasteiger partial charge in [0.05, 0.1) is 19.8 Å². The van der Waals surface area contributed by atoms with Crippen LogP contribution in [0, 0.1) is 5.41 Å². The van der Waals surface area contributed by atoms with E-state index in [0.29, 0.717) is 6.61 Å². The Morgan fingerprint density at radius 1 is 1.26 bits per heavy atom. The van der Waals surface area contributed by atoms with Crippen LogP contribution in [0.25, 0.3) is 0 Å². The molecule has 0 bridgehead atoms. The van der Waals surface area contributed by atoms with Crippen LogP contribution in [0.3, 0.4) is 0 Å². The van der Waals surface area contributed by atoms with Gasteiger partial charge in [-0.3, -0.25) is 4.90 Å². The Hall–Kier alpha value is -1.30. The zero-order valence-electron chi connectivity index (χ0n) is 17.2. The number of para-hydroxylation sites is 1. The summed E-state index contributed by atoms with van der Waals surface area (Å²) in [5.41, 5.74) is 1.30. The summed E-state index contributed by atoms with van der Waals surface area (Å²) in [6.07, 6.45) is 6.48. The Balaban J connectivity index is 1.68. The van der Waals surface area contributed by atoms with Gasteiger partial charge >= 0.3 is 0 Å². The fourth-order valence-electron chi connectivity index (χ4n) is 4.80. The maximum Gasteiger partial charge on any atom is 0.165 e. The molecule has 2 aliphatic rings. The minimum atomic E-state index is -0.132.